The van der Waals surface area contributed by atoms with E-state index in [1.807, 2.05) is 69.3 Å². The van der Waals surface area contributed by atoms with Crippen molar-refractivity contribution in [2.24, 2.45) is 0 Å². The van der Waals surface area contributed by atoms with Gasteiger partial charge < -0.3 is 14.5 Å². The number of amides is 2. The monoisotopic (exact) mass is 441 g/mol. The van der Waals surface area contributed by atoms with Crippen LogP contribution in [-0.4, -0.2) is 53.1 Å². The maximum Gasteiger partial charge on any atom is 0.410 e. The summed E-state index contributed by atoms with van der Waals surface area (Å²) in [6, 6.07) is 15.9. The van der Waals surface area contributed by atoms with Crippen LogP contribution in [0.25, 0.3) is 0 Å². The first kappa shape index (κ1) is 21.5. The Labute approximate surface area is 188 Å². The van der Waals surface area contributed by atoms with Crippen molar-refractivity contribution >= 4 is 29.5 Å². The molecule has 0 N–H and O–H groups in total. The van der Waals surface area contributed by atoms with Crippen molar-refractivity contribution in [1.82, 2.24) is 9.32 Å². The number of benzene rings is 2. The highest BCUT2D eigenvalue weighted by Gasteiger charge is 2.36. The standard InChI is InChI=1S/C24H28ClN3O3/c1-24(2,3)31-23(30)27-13-11-26(12-14-27)18-9-10-19-20(16-18)22(29)28(25)21(19)15-17-7-5-4-6-8-17/h4-10,16,21H,11-15H2,1-3H3. The molecule has 7 heteroatoms. The van der Waals surface area contributed by atoms with Crippen molar-refractivity contribution in [3.63, 3.8) is 0 Å². The van der Waals surface area contributed by atoms with Crippen LogP contribution in [0.3, 0.4) is 0 Å². The molecule has 2 aliphatic rings. The average molecular weight is 442 g/mol. The zero-order chi connectivity index (χ0) is 22.2. The number of ether oxygens (including phenoxy) is 1. The van der Waals surface area contributed by atoms with E-state index in [1.165, 1.54) is 4.42 Å². The van der Waals surface area contributed by atoms with Gasteiger partial charge in [-0.1, -0.05) is 36.4 Å². The Morgan fingerprint density at radius 1 is 1.06 bits per heavy atom. The van der Waals surface area contributed by atoms with Crippen molar-refractivity contribution in [3.8, 4) is 0 Å². The van der Waals surface area contributed by atoms with E-state index in [0.717, 1.165) is 16.8 Å². The summed E-state index contributed by atoms with van der Waals surface area (Å²) in [5, 5.41) is 0. The Morgan fingerprint density at radius 2 is 1.74 bits per heavy atom. The molecule has 31 heavy (non-hydrogen) atoms. The fraction of sp³-hybridized carbons (Fsp3) is 0.417. The van der Waals surface area contributed by atoms with Crippen LogP contribution in [0.5, 0.6) is 0 Å². The molecule has 0 spiro atoms. The smallest absolute Gasteiger partial charge is 0.410 e. The molecular formula is C24H28ClN3O3. The summed E-state index contributed by atoms with van der Waals surface area (Å²) >= 11 is 6.40. The fourth-order valence-corrected chi connectivity index (χ4v) is 4.36. The molecule has 0 bridgehead atoms. The predicted molar refractivity (Wildman–Crippen MR) is 121 cm³/mol. The van der Waals surface area contributed by atoms with E-state index in [4.69, 9.17) is 16.5 Å². The number of fused-ring (bicyclic) bond motifs is 1. The second-order valence-corrected chi connectivity index (χ2v) is 9.41. The molecule has 2 aromatic rings. The predicted octanol–water partition coefficient (Wildman–Crippen LogP) is 4.64. The van der Waals surface area contributed by atoms with Crippen LogP contribution >= 0.6 is 11.8 Å². The van der Waals surface area contributed by atoms with Gasteiger partial charge in [0.05, 0.1) is 6.04 Å². The van der Waals surface area contributed by atoms with Crippen LogP contribution in [0.2, 0.25) is 0 Å². The van der Waals surface area contributed by atoms with E-state index in [-0.39, 0.29) is 18.0 Å². The Hall–Kier alpha value is -2.73. The first-order valence-electron chi connectivity index (χ1n) is 10.6. The van der Waals surface area contributed by atoms with Gasteiger partial charge in [-0.2, -0.15) is 0 Å². The topological polar surface area (TPSA) is 53.1 Å². The summed E-state index contributed by atoms with van der Waals surface area (Å²) in [5.41, 5.74) is 3.23. The molecule has 0 radical (unpaired) electrons. The highest BCUT2D eigenvalue weighted by atomic mass is 35.5. The summed E-state index contributed by atoms with van der Waals surface area (Å²) in [5.74, 6) is -0.160. The average Bonchev–Trinajstić information content (AvgIpc) is 2.98. The number of halogens is 1. The Bertz CT molecular complexity index is 966. The molecule has 164 valence electrons. The van der Waals surface area contributed by atoms with Gasteiger partial charge in [-0.25, -0.2) is 9.21 Å². The second kappa shape index (κ2) is 8.42. The number of carbonyl (C=O) groups excluding carboxylic acids is 2. The van der Waals surface area contributed by atoms with Gasteiger partial charge in [0, 0.05) is 49.2 Å². The summed E-state index contributed by atoms with van der Waals surface area (Å²) in [7, 11) is 0. The SMILES string of the molecule is CC(C)(C)OC(=O)N1CCN(c2ccc3c(c2)C(=O)N(Cl)C3Cc2ccccc2)CC1. The highest BCUT2D eigenvalue weighted by molar-refractivity contribution is 6.26. The summed E-state index contributed by atoms with van der Waals surface area (Å²) in [6.07, 6.45) is 0.398. The van der Waals surface area contributed by atoms with Crippen molar-refractivity contribution < 1.29 is 14.3 Å². The molecule has 1 atom stereocenters. The van der Waals surface area contributed by atoms with Gasteiger partial charge in [-0.3, -0.25) is 4.79 Å². The molecule has 6 nitrogen and oxygen atoms in total. The third-order valence-corrected chi connectivity index (χ3v) is 6.05. The first-order chi connectivity index (χ1) is 14.7. The van der Waals surface area contributed by atoms with Crippen LogP contribution in [0.4, 0.5) is 10.5 Å². The van der Waals surface area contributed by atoms with Gasteiger partial charge in [0.25, 0.3) is 5.91 Å². The van der Waals surface area contributed by atoms with Gasteiger partial charge in [-0.05, 0) is 50.5 Å². The lowest BCUT2D eigenvalue weighted by Crippen LogP contribution is -2.50. The van der Waals surface area contributed by atoms with E-state index in [2.05, 4.69) is 4.90 Å². The largest absolute Gasteiger partial charge is 0.444 e. The number of anilines is 1. The van der Waals surface area contributed by atoms with Gasteiger partial charge in [0.2, 0.25) is 0 Å². The molecular weight excluding hydrogens is 414 g/mol. The highest BCUT2D eigenvalue weighted by Crippen LogP contribution is 2.39. The molecule has 1 unspecified atom stereocenters. The number of nitrogens with zero attached hydrogens (tertiary/aromatic N) is 3. The lowest BCUT2D eigenvalue weighted by Gasteiger charge is -2.36. The lowest BCUT2D eigenvalue weighted by atomic mass is 9.98. The molecule has 0 saturated carbocycles. The van der Waals surface area contributed by atoms with Gasteiger partial charge >= 0.3 is 6.09 Å². The molecule has 1 fully saturated rings. The number of hydrogen-bond donors (Lipinski definition) is 0. The molecule has 2 amide bonds. The zero-order valence-corrected chi connectivity index (χ0v) is 18.9. The van der Waals surface area contributed by atoms with Gasteiger partial charge in [0.1, 0.15) is 5.60 Å². The Morgan fingerprint density at radius 3 is 2.39 bits per heavy atom. The zero-order valence-electron chi connectivity index (χ0n) is 18.2. The summed E-state index contributed by atoms with van der Waals surface area (Å²) in [6.45, 7) is 8.14. The molecule has 4 rings (SSSR count). The van der Waals surface area contributed by atoms with Gasteiger partial charge in [0.15, 0.2) is 0 Å². The molecule has 1 saturated heterocycles. The summed E-state index contributed by atoms with van der Waals surface area (Å²) < 4.78 is 6.79. The van der Waals surface area contributed by atoms with Crippen molar-refractivity contribution in [1.29, 1.82) is 0 Å². The fourth-order valence-electron chi connectivity index (χ4n) is 4.10. The quantitative estimate of drug-likeness (QED) is 0.651. The minimum absolute atomic E-state index is 0.160. The van der Waals surface area contributed by atoms with Crippen molar-refractivity contribution in [3.05, 3.63) is 65.2 Å². The number of hydrogen-bond acceptors (Lipinski definition) is 4. The second-order valence-electron chi connectivity index (χ2n) is 9.05. The van der Waals surface area contributed by atoms with Crippen molar-refractivity contribution in [2.75, 3.05) is 31.1 Å². The summed E-state index contributed by atoms with van der Waals surface area (Å²) in [4.78, 5) is 29.0. The minimum Gasteiger partial charge on any atom is -0.444 e. The Balaban J connectivity index is 1.46. The first-order valence-corrected chi connectivity index (χ1v) is 11.0. The normalized spacial score (nSPS) is 18.9. The van der Waals surface area contributed by atoms with Crippen LogP contribution in [0.1, 0.15) is 48.3 Å². The third kappa shape index (κ3) is 4.64. The minimum atomic E-state index is -0.502. The third-order valence-electron chi connectivity index (χ3n) is 5.66. The number of carbonyl (C=O) groups is 2. The van der Waals surface area contributed by atoms with Crippen LogP contribution in [0, 0.1) is 0 Å². The lowest BCUT2D eigenvalue weighted by molar-refractivity contribution is 0.0240. The van der Waals surface area contributed by atoms with Crippen molar-refractivity contribution in [2.45, 2.75) is 38.8 Å². The number of piperazine rings is 1. The Kier molecular flexibility index (Phi) is 5.84. The van der Waals surface area contributed by atoms with Crippen LogP contribution < -0.4 is 4.90 Å². The van der Waals surface area contributed by atoms with Crippen LogP contribution in [0.15, 0.2) is 48.5 Å². The maximum atomic E-state index is 12.8. The van der Waals surface area contributed by atoms with Crippen LogP contribution in [-0.2, 0) is 11.2 Å². The molecule has 0 aliphatic carbocycles. The van der Waals surface area contributed by atoms with E-state index in [9.17, 15) is 9.59 Å². The molecule has 0 aromatic heterocycles. The van der Waals surface area contributed by atoms with Gasteiger partial charge in [-0.15, -0.1) is 0 Å². The molecule has 2 heterocycles. The molecule has 2 aliphatic heterocycles. The van der Waals surface area contributed by atoms with E-state index in [1.54, 1.807) is 4.90 Å². The maximum absolute atomic E-state index is 12.8. The van der Waals surface area contributed by atoms with E-state index in [0.29, 0.717) is 38.2 Å². The molecule has 2 aromatic carbocycles. The number of rotatable bonds is 3. The van der Waals surface area contributed by atoms with E-state index >= 15 is 0 Å². The van der Waals surface area contributed by atoms with E-state index < -0.39 is 5.60 Å².